The van der Waals surface area contributed by atoms with Crippen molar-refractivity contribution >= 4 is 5.97 Å². The van der Waals surface area contributed by atoms with E-state index in [1.165, 1.54) is 18.2 Å². The minimum atomic E-state index is -1.67. The first-order valence-corrected chi connectivity index (χ1v) is 7.48. The lowest BCUT2D eigenvalue weighted by atomic mass is 10.0. The van der Waals surface area contributed by atoms with Gasteiger partial charge in [-0.15, -0.1) is 0 Å². The molecule has 0 aromatic heterocycles. The highest BCUT2D eigenvalue weighted by Crippen LogP contribution is 2.25. The molecule has 0 radical (unpaired) electrons. The van der Waals surface area contributed by atoms with E-state index in [4.69, 9.17) is 51.7 Å². The van der Waals surface area contributed by atoms with Crippen LogP contribution >= 0.6 is 0 Å². The van der Waals surface area contributed by atoms with Gasteiger partial charge in [-0.2, -0.15) is 0 Å². The Morgan fingerprint density at radius 2 is 1.38 bits per heavy atom. The first-order valence-electron chi connectivity index (χ1n) is 7.48. The molecule has 0 heterocycles. The van der Waals surface area contributed by atoms with Gasteiger partial charge in [-0.25, -0.2) is 0 Å². The number of aromatic hydroxyl groups is 2. The molecule has 150 valence electrons. The number of phenolic OH excluding ortho intramolecular Hbond substituents is 2. The Kier molecular flexibility index (Phi) is 10.7. The van der Waals surface area contributed by atoms with Gasteiger partial charge in [0.1, 0.15) is 30.5 Å². The monoisotopic (exact) mass is 379 g/mol. The second kappa shape index (κ2) is 11.6. The van der Waals surface area contributed by atoms with Crippen molar-refractivity contribution in [2.75, 3.05) is 13.2 Å². The molecule has 0 aliphatic heterocycles. The maximum absolute atomic E-state index is 10.4. The quantitative estimate of drug-likeness (QED) is 0.199. The van der Waals surface area contributed by atoms with Gasteiger partial charge in [0.05, 0.1) is 13.2 Å². The van der Waals surface area contributed by atoms with E-state index in [0.717, 1.165) is 0 Å². The van der Waals surface area contributed by atoms with Gasteiger partial charge < -0.3 is 51.7 Å². The molecule has 1 aromatic rings. The molecule has 11 heteroatoms. The minimum absolute atomic E-state index is 0.114. The summed E-state index contributed by atoms with van der Waals surface area (Å²) in [6.45, 7) is -1.45. The van der Waals surface area contributed by atoms with E-state index in [1.807, 2.05) is 0 Å². The van der Waals surface area contributed by atoms with Crippen LogP contribution in [-0.2, 0) is 11.2 Å². The van der Waals surface area contributed by atoms with Crippen molar-refractivity contribution in [3.05, 3.63) is 23.8 Å². The third-order valence-electron chi connectivity index (χ3n) is 3.33. The van der Waals surface area contributed by atoms with Crippen LogP contribution in [0.4, 0.5) is 0 Å². The van der Waals surface area contributed by atoms with Crippen molar-refractivity contribution in [3.8, 4) is 11.5 Å². The highest BCUT2D eigenvalue weighted by molar-refractivity contribution is 5.73. The highest BCUT2D eigenvalue weighted by Gasteiger charge is 2.29. The maximum Gasteiger partial charge on any atom is 0.320 e. The molecule has 0 saturated heterocycles. The summed E-state index contributed by atoms with van der Waals surface area (Å²) in [5.41, 5.74) is 5.86. The lowest BCUT2D eigenvalue weighted by Gasteiger charge is -2.24. The average Bonchev–Trinajstić information content (AvgIpc) is 2.62. The second-order valence-corrected chi connectivity index (χ2v) is 5.45. The average molecular weight is 379 g/mol. The van der Waals surface area contributed by atoms with Gasteiger partial charge in [0.15, 0.2) is 11.5 Å². The number of hydrogen-bond acceptors (Lipinski definition) is 10. The molecular formula is C15H25NO10. The molecule has 0 bridgehead atoms. The molecule has 11 N–H and O–H groups in total. The zero-order valence-corrected chi connectivity index (χ0v) is 13.8. The number of aliphatic hydroxyl groups is 6. The summed E-state index contributed by atoms with van der Waals surface area (Å²) >= 11 is 0. The lowest BCUT2D eigenvalue weighted by molar-refractivity contribution is -0.138. The third kappa shape index (κ3) is 7.93. The molecule has 5 unspecified atom stereocenters. The molecule has 11 nitrogen and oxygen atoms in total. The fourth-order valence-corrected chi connectivity index (χ4v) is 1.71. The summed E-state index contributed by atoms with van der Waals surface area (Å²) in [6.07, 6.45) is -6.28. The van der Waals surface area contributed by atoms with Crippen LogP contribution in [0.2, 0.25) is 0 Å². The first kappa shape index (κ1) is 24.0. The summed E-state index contributed by atoms with van der Waals surface area (Å²) < 4.78 is 0. The van der Waals surface area contributed by atoms with Crippen LogP contribution < -0.4 is 5.73 Å². The predicted octanol–water partition coefficient (Wildman–Crippen LogP) is -3.53. The van der Waals surface area contributed by atoms with Crippen molar-refractivity contribution in [3.63, 3.8) is 0 Å². The Labute approximate surface area is 148 Å². The van der Waals surface area contributed by atoms with E-state index in [1.54, 1.807) is 0 Å². The lowest BCUT2D eigenvalue weighted by Crippen LogP contribution is -2.46. The number of aliphatic carboxylic acids is 1. The van der Waals surface area contributed by atoms with Crippen LogP contribution in [0.25, 0.3) is 0 Å². The smallest absolute Gasteiger partial charge is 0.320 e. The van der Waals surface area contributed by atoms with Crippen molar-refractivity contribution in [1.29, 1.82) is 0 Å². The number of aliphatic hydroxyl groups excluding tert-OH is 6. The molecule has 0 spiro atoms. The number of carboxylic acids is 1. The van der Waals surface area contributed by atoms with Gasteiger partial charge in [0.25, 0.3) is 0 Å². The van der Waals surface area contributed by atoms with Crippen LogP contribution in [0.3, 0.4) is 0 Å². The number of phenols is 2. The Hall–Kier alpha value is -1.99. The summed E-state index contributed by atoms with van der Waals surface area (Å²) in [5.74, 6) is -1.62. The third-order valence-corrected chi connectivity index (χ3v) is 3.33. The molecule has 0 aliphatic carbocycles. The number of nitrogens with two attached hydrogens (primary N) is 1. The number of hydrogen-bond donors (Lipinski definition) is 10. The van der Waals surface area contributed by atoms with E-state index < -0.39 is 49.6 Å². The van der Waals surface area contributed by atoms with E-state index >= 15 is 0 Å². The molecule has 1 rings (SSSR count). The minimum Gasteiger partial charge on any atom is -0.504 e. The first-order chi connectivity index (χ1) is 12.0. The van der Waals surface area contributed by atoms with Crippen molar-refractivity contribution in [2.45, 2.75) is 36.9 Å². The van der Waals surface area contributed by atoms with Crippen molar-refractivity contribution in [1.82, 2.24) is 0 Å². The summed E-state index contributed by atoms with van der Waals surface area (Å²) in [6, 6.07) is 3.09. The molecule has 0 amide bonds. The topological polar surface area (TPSA) is 225 Å². The van der Waals surface area contributed by atoms with Gasteiger partial charge in [-0.3, -0.25) is 4.79 Å². The van der Waals surface area contributed by atoms with Crippen LogP contribution in [0.1, 0.15) is 5.56 Å². The molecular weight excluding hydrogens is 354 g/mol. The maximum atomic E-state index is 10.4. The predicted molar refractivity (Wildman–Crippen MR) is 87.3 cm³/mol. The molecule has 1 aromatic carbocycles. The van der Waals surface area contributed by atoms with Gasteiger partial charge in [-0.1, -0.05) is 6.07 Å². The molecule has 0 aliphatic rings. The SMILES string of the molecule is NC(Cc1ccc(O)c(O)c1)C(=O)O.OCC(O)C(O)C(O)C(O)CO. The Bertz CT molecular complexity index is 541. The summed E-state index contributed by atoms with van der Waals surface area (Å²) in [5, 5.41) is 78.8. The second-order valence-electron chi connectivity index (χ2n) is 5.45. The number of carbonyl (C=O) groups is 1. The molecule has 26 heavy (non-hydrogen) atoms. The van der Waals surface area contributed by atoms with Crippen LogP contribution in [0, 0.1) is 0 Å². The summed E-state index contributed by atoms with van der Waals surface area (Å²) in [4.78, 5) is 10.4. The molecule has 0 fully saturated rings. The van der Waals surface area contributed by atoms with Crippen LogP contribution in [0.15, 0.2) is 18.2 Å². The van der Waals surface area contributed by atoms with E-state index in [9.17, 15) is 4.79 Å². The number of carboxylic acid groups (broad SMARTS) is 1. The van der Waals surface area contributed by atoms with Gasteiger partial charge in [0, 0.05) is 0 Å². The van der Waals surface area contributed by atoms with Crippen molar-refractivity contribution < 1.29 is 50.8 Å². The Morgan fingerprint density at radius 1 is 0.923 bits per heavy atom. The number of benzene rings is 1. The van der Waals surface area contributed by atoms with E-state index in [0.29, 0.717) is 5.56 Å². The Balaban J connectivity index is 0.000000488. The fraction of sp³-hybridized carbons (Fsp3) is 0.533. The van der Waals surface area contributed by atoms with Crippen molar-refractivity contribution in [2.24, 2.45) is 5.73 Å². The summed E-state index contributed by atoms with van der Waals surface area (Å²) in [7, 11) is 0. The highest BCUT2D eigenvalue weighted by atomic mass is 16.4. The Morgan fingerprint density at radius 3 is 1.73 bits per heavy atom. The fourth-order valence-electron chi connectivity index (χ4n) is 1.71. The largest absolute Gasteiger partial charge is 0.504 e. The van der Waals surface area contributed by atoms with Crippen LogP contribution in [-0.4, -0.2) is 95.6 Å². The number of rotatable bonds is 8. The zero-order valence-electron chi connectivity index (χ0n) is 13.8. The zero-order chi connectivity index (χ0) is 20.4. The van der Waals surface area contributed by atoms with Gasteiger partial charge in [-0.05, 0) is 24.1 Å². The normalized spacial score (nSPS) is 16.6. The van der Waals surface area contributed by atoms with Gasteiger partial charge in [0.2, 0.25) is 0 Å². The molecule has 5 atom stereocenters. The van der Waals surface area contributed by atoms with Gasteiger partial charge >= 0.3 is 5.97 Å². The standard InChI is InChI=1S/C9H11NO4.C6H14O6/c10-6(9(13)14)3-5-1-2-7(11)8(12)4-5;7-1-3(9)5(11)6(12)4(10)2-8/h1-2,4,6,11-12H,3,10H2,(H,13,14);3-12H,1-2H2. The molecule has 0 saturated carbocycles. The van der Waals surface area contributed by atoms with E-state index in [-0.39, 0.29) is 17.9 Å². The van der Waals surface area contributed by atoms with E-state index in [2.05, 4.69) is 0 Å². The van der Waals surface area contributed by atoms with Crippen LogP contribution in [0.5, 0.6) is 11.5 Å².